The number of amides is 2. The summed E-state index contributed by atoms with van der Waals surface area (Å²) in [5.74, 6) is 0. The quantitative estimate of drug-likeness (QED) is 0.802. The smallest absolute Gasteiger partial charge is 0.314 e. The Labute approximate surface area is 124 Å². The third-order valence-corrected chi connectivity index (χ3v) is 4.50. The number of carbonyl (C=O) groups excluding carboxylic acids is 1. The highest BCUT2D eigenvalue weighted by Gasteiger charge is 2.30. The minimum atomic E-state index is 0.0520. The van der Waals surface area contributed by atoms with E-state index in [1.165, 1.54) is 11.5 Å². The molecular weight excluding hydrogens is 272 g/mol. The van der Waals surface area contributed by atoms with Gasteiger partial charge in [-0.1, -0.05) is 19.1 Å². The van der Waals surface area contributed by atoms with Crippen LogP contribution in [-0.4, -0.2) is 47.1 Å². The minimum Gasteiger partial charge on any atom is -0.314 e. The van der Waals surface area contributed by atoms with E-state index in [1.807, 2.05) is 24.9 Å². The van der Waals surface area contributed by atoms with Crippen LogP contribution in [0.25, 0.3) is 0 Å². The van der Waals surface area contributed by atoms with Gasteiger partial charge in [-0.2, -0.15) is 4.37 Å². The molecule has 0 radical (unpaired) electrons. The molecule has 1 fully saturated rings. The maximum Gasteiger partial charge on any atom is 0.327 e. The topological polar surface area (TPSA) is 39.7 Å². The van der Waals surface area contributed by atoms with Gasteiger partial charge in [0.25, 0.3) is 0 Å². The summed E-state index contributed by atoms with van der Waals surface area (Å²) >= 11 is 1.42. The molecule has 1 aliphatic heterocycles. The van der Waals surface area contributed by atoms with Crippen LogP contribution in [0.2, 0.25) is 0 Å². The monoisotopic (exact) mass is 294 g/mol. The van der Waals surface area contributed by atoms with E-state index in [1.54, 1.807) is 4.90 Å². The van der Waals surface area contributed by atoms with Crippen LogP contribution in [0.15, 0.2) is 12.2 Å². The van der Waals surface area contributed by atoms with Crippen LogP contribution >= 0.6 is 11.5 Å². The standard InChI is InChI=1S/C14H22N4OS/c1-5-7-8-17-9-16(4)14(19)18(10-17)13-11(3)12(6-2)15-20-13/h5,7H,6,8-10H2,1-4H3. The van der Waals surface area contributed by atoms with Crippen molar-refractivity contribution >= 4 is 22.6 Å². The molecule has 2 rings (SSSR count). The zero-order chi connectivity index (χ0) is 14.7. The molecule has 1 aromatic rings. The summed E-state index contributed by atoms with van der Waals surface area (Å²) in [5, 5.41) is 0.976. The molecule has 0 aromatic carbocycles. The second-order valence-electron chi connectivity index (χ2n) is 5.03. The highest BCUT2D eigenvalue weighted by Crippen LogP contribution is 2.30. The van der Waals surface area contributed by atoms with Crippen molar-refractivity contribution in [2.75, 3.05) is 31.8 Å². The van der Waals surface area contributed by atoms with Crippen molar-refractivity contribution in [2.45, 2.75) is 27.2 Å². The largest absolute Gasteiger partial charge is 0.327 e. The number of allylic oxidation sites excluding steroid dienone is 1. The van der Waals surface area contributed by atoms with Gasteiger partial charge < -0.3 is 4.90 Å². The number of nitrogens with zero attached hydrogens (tertiary/aromatic N) is 4. The Kier molecular flexibility index (Phi) is 4.77. The number of anilines is 1. The van der Waals surface area contributed by atoms with E-state index >= 15 is 0 Å². The predicted molar refractivity (Wildman–Crippen MR) is 83.1 cm³/mol. The van der Waals surface area contributed by atoms with Crippen molar-refractivity contribution < 1.29 is 4.79 Å². The fourth-order valence-electron chi connectivity index (χ4n) is 2.33. The summed E-state index contributed by atoms with van der Waals surface area (Å²) in [6.07, 6.45) is 5.05. The van der Waals surface area contributed by atoms with Gasteiger partial charge in [-0.3, -0.25) is 9.80 Å². The molecule has 0 spiro atoms. The molecule has 0 unspecified atom stereocenters. The first-order chi connectivity index (χ1) is 9.58. The molecule has 1 aliphatic rings. The average Bonchev–Trinajstić information content (AvgIpc) is 2.81. The summed E-state index contributed by atoms with van der Waals surface area (Å²) < 4.78 is 4.45. The Balaban J connectivity index is 2.23. The molecule has 1 saturated heterocycles. The molecular formula is C14H22N4OS. The van der Waals surface area contributed by atoms with Crippen molar-refractivity contribution in [3.8, 4) is 0 Å². The highest BCUT2D eigenvalue weighted by atomic mass is 32.1. The van der Waals surface area contributed by atoms with Crippen LogP contribution in [0.3, 0.4) is 0 Å². The van der Waals surface area contributed by atoms with Gasteiger partial charge >= 0.3 is 6.03 Å². The van der Waals surface area contributed by atoms with Crippen LogP contribution in [0.5, 0.6) is 0 Å². The van der Waals surface area contributed by atoms with Gasteiger partial charge in [0.1, 0.15) is 5.00 Å². The number of carbonyl (C=O) groups is 1. The van der Waals surface area contributed by atoms with E-state index in [4.69, 9.17) is 0 Å². The Morgan fingerprint density at radius 3 is 2.75 bits per heavy atom. The number of urea groups is 1. The number of aromatic nitrogens is 1. The molecule has 6 heteroatoms. The summed E-state index contributed by atoms with van der Waals surface area (Å²) in [6.45, 7) is 8.29. The van der Waals surface area contributed by atoms with Gasteiger partial charge in [0.2, 0.25) is 0 Å². The first kappa shape index (κ1) is 15.0. The number of aryl methyl sites for hydroxylation is 1. The van der Waals surface area contributed by atoms with Crippen LogP contribution in [0.1, 0.15) is 25.1 Å². The summed E-state index contributed by atoms with van der Waals surface area (Å²) in [4.78, 5) is 18.2. The van der Waals surface area contributed by atoms with E-state index in [9.17, 15) is 4.79 Å². The molecule has 0 aliphatic carbocycles. The van der Waals surface area contributed by atoms with E-state index in [2.05, 4.69) is 29.2 Å². The molecule has 2 amide bonds. The maximum absolute atomic E-state index is 12.4. The van der Waals surface area contributed by atoms with Crippen molar-refractivity contribution in [1.82, 2.24) is 14.2 Å². The van der Waals surface area contributed by atoms with Gasteiger partial charge in [0.15, 0.2) is 0 Å². The van der Waals surface area contributed by atoms with Gasteiger partial charge in [-0.05, 0) is 31.8 Å². The average molecular weight is 294 g/mol. The van der Waals surface area contributed by atoms with Crippen molar-refractivity contribution in [1.29, 1.82) is 0 Å². The first-order valence-electron chi connectivity index (χ1n) is 6.89. The summed E-state index contributed by atoms with van der Waals surface area (Å²) in [6, 6.07) is 0.0520. The van der Waals surface area contributed by atoms with Crippen LogP contribution in [0.4, 0.5) is 9.80 Å². The zero-order valence-corrected chi connectivity index (χ0v) is 13.4. The third-order valence-electron chi connectivity index (χ3n) is 3.49. The Morgan fingerprint density at radius 2 is 2.15 bits per heavy atom. The lowest BCUT2D eigenvalue weighted by atomic mass is 10.2. The summed E-state index contributed by atoms with van der Waals surface area (Å²) in [5.41, 5.74) is 2.22. The lowest BCUT2D eigenvalue weighted by Crippen LogP contribution is -2.56. The summed E-state index contributed by atoms with van der Waals surface area (Å²) in [7, 11) is 1.84. The van der Waals surface area contributed by atoms with Gasteiger partial charge in [0, 0.05) is 19.2 Å². The number of hydrogen-bond acceptors (Lipinski definition) is 4. The van der Waals surface area contributed by atoms with Gasteiger partial charge in [-0.15, -0.1) is 0 Å². The Bertz CT molecular complexity index is 511. The minimum absolute atomic E-state index is 0.0520. The molecule has 110 valence electrons. The SMILES string of the molecule is CC=CCN1CN(C)C(=O)N(c2snc(CC)c2C)C1. The highest BCUT2D eigenvalue weighted by molar-refractivity contribution is 7.10. The molecule has 1 aromatic heterocycles. The number of rotatable bonds is 4. The van der Waals surface area contributed by atoms with E-state index in [0.717, 1.165) is 29.2 Å². The lowest BCUT2D eigenvalue weighted by molar-refractivity contribution is 0.139. The van der Waals surface area contributed by atoms with Gasteiger partial charge in [-0.25, -0.2) is 4.79 Å². The van der Waals surface area contributed by atoms with Crippen molar-refractivity contribution in [3.63, 3.8) is 0 Å². The molecule has 20 heavy (non-hydrogen) atoms. The molecule has 0 bridgehead atoms. The third kappa shape index (κ3) is 2.86. The zero-order valence-electron chi connectivity index (χ0n) is 12.6. The fourth-order valence-corrected chi connectivity index (χ4v) is 3.28. The second-order valence-corrected chi connectivity index (χ2v) is 5.78. The Hall–Kier alpha value is -1.40. The van der Waals surface area contributed by atoms with Crippen LogP contribution in [-0.2, 0) is 6.42 Å². The van der Waals surface area contributed by atoms with E-state index in [-0.39, 0.29) is 6.03 Å². The lowest BCUT2D eigenvalue weighted by Gasteiger charge is -2.39. The first-order valence-corrected chi connectivity index (χ1v) is 7.67. The number of hydrogen-bond donors (Lipinski definition) is 0. The maximum atomic E-state index is 12.4. The van der Waals surface area contributed by atoms with Crippen LogP contribution in [0, 0.1) is 6.92 Å². The normalized spacial score (nSPS) is 17.5. The molecule has 0 N–H and O–H groups in total. The van der Waals surface area contributed by atoms with Crippen molar-refractivity contribution in [3.05, 3.63) is 23.4 Å². The van der Waals surface area contributed by atoms with Crippen LogP contribution < -0.4 is 4.90 Å². The second kappa shape index (κ2) is 6.37. The van der Waals surface area contributed by atoms with Crippen molar-refractivity contribution in [2.24, 2.45) is 0 Å². The molecule has 5 nitrogen and oxygen atoms in total. The Morgan fingerprint density at radius 1 is 1.40 bits per heavy atom. The molecule has 2 heterocycles. The predicted octanol–water partition coefficient (Wildman–Crippen LogP) is 2.68. The van der Waals surface area contributed by atoms with Gasteiger partial charge in [0.05, 0.1) is 19.0 Å². The fraction of sp³-hybridized carbons (Fsp3) is 0.571. The molecule has 0 atom stereocenters. The molecule has 0 saturated carbocycles. The van der Waals surface area contributed by atoms with E-state index < -0.39 is 0 Å². The van der Waals surface area contributed by atoms with E-state index in [0.29, 0.717) is 13.3 Å².